The Balaban J connectivity index is 3.31. The molecule has 0 saturated heterocycles. The molecule has 1 aromatic rings. The Kier molecular flexibility index (Phi) is 4.98. The van der Waals surface area contributed by atoms with Crippen LogP contribution in [0.15, 0.2) is 6.07 Å². The van der Waals surface area contributed by atoms with Crippen molar-refractivity contribution in [2.75, 3.05) is 14.2 Å². The number of hydrogen-bond acceptors (Lipinski definition) is 4. The van der Waals surface area contributed by atoms with Crippen LogP contribution in [0, 0.1) is 11.5 Å². The lowest BCUT2D eigenvalue weighted by Crippen LogP contribution is -2.16. The Labute approximate surface area is 119 Å². The molecular weight excluding hydrogens is 282 g/mol. The van der Waals surface area contributed by atoms with Crippen LogP contribution in [0.1, 0.15) is 16.1 Å². The quantitative estimate of drug-likeness (QED) is 0.478. The number of aromatic nitrogens is 1. The molecule has 1 aromatic heterocycles. The van der Waals surface area contributed by atoms with Crippen molar-refractivity contribution < 1.29 is 14.3 Å². The lowest BCUT2D eigenvalue weighted by molar-refractivity contribution is 0.0593. The molecule has 0 aliphatic rings. The van der Waals surface area contributed by atoms with Crippen LogP contribution < -0.4 is 4.74 Å². The van der Waals surface area contributed by atoms with E-state index in [0.717, 1.165) is 0 Å². The minimum atomic E-state index is -1.51. The lowest BCUT2D eigenvalue weighted by atomic mass is 10.2. The van der Waals surface area contributed by atoms with Crippen molar-refractivity contribution in [2.45, 2.75) is 19.6 Å². The average molecular weight is 298 g/mol. The largest absolute Gasteiger partial charge is 0.480 e. The molecule has 0 N–H and O–H groups in total. The third-order valence-corrected chi connectivity index (χ3v) is 3.25. The van der Waals surface area contributed by atoms with Crippen LogP contribution in [0.25, 0.3) is 0 Å². The fourth-order valence-corrected chi connectivity index (χ4v) is 1.95. The van der Waals surface area contributed by atoms with Crippen molar-refractivity contribution >= 4 is 25.6 Å². The zero-order valence-corrected chi connectivity index (χ0v) is 13.4. The second-order valence-electron chi connectivity index (χ2n) is 4.87. The van der Waals surface area contributed by atoms with Gasteiger partial charge < -0.3 is 9.47 Å². The number of esters is 1. The van der Waals surface area contributed by atoms with Gasteiger partial charge in [-0.25, -0.2) is 9.78 Å². The summed E-state index contributed by atoms with van der Waals surface area (Å²) in [5, 5.41) is 0.201. The number of ether oxygens (including phenoxy) is 2. The molecule has 102 valence electrons. The summed E-state index contributed by atoms with van der Waals surface area (Å²) in [4.78, 5) is 15.5. The Morgan fingerprint density at radius 2 is 2.00 bits per heavy atom. The van der Waals surface area contributed by atoms with Crippen LogP contribution in [0.2, 0.25) is 24.7 Å². The first-order valence-electron chi connectivity index (χ1n) is 5.64. The first kappa shape index (κ1) is 15.5. The summed E-state index contributed by atoms with van der Waals surface area (Å²) in [6.45, 7) is 6.39. The minimum absolute atomic E-state index is 0.0274. The van der Waals surface area contributed by atoms with Crippen LogP contribution in [-0.2, 0) is 4.74 Å². The van der Waals surface area contributed by atoms with Gasteiger partial charge in [-0.15, -0.1) is 5.54 Å². The second-order valence-corrected chi connectivity index (χ2v) is 10.0. The highest BCUT2D eigenvalue weighted by atomic mass is 35.5. The first-order valence-corrected chi connectivity index (χ1v) is 9.52. The highest BCUT2D eigenvalue weighted by Crippen LogP contribution is 2.23. The van der Waals surface area contributed by atoms with Gasteiger partial charge in [-0.05, 0) is 6.07 Å². The summed E-state index contributed by atoms with van der Waals surface area (Å²) in [7, 11) is 1.22. The molecule has 0 atom stereocenters. The summed E-state index contributed by atoms with van der Waals surface area (Å²) in [6, 6.07) is 1.58. The Hall–Kier alpha value is -1.51. The highest BCUT2D eigenvalue weighted by Gasteiger charge is 2.17. The van der Waals surface area contributed by atoms with Gasteiger partial charge >= 0.3 is 5.97 Å². The number of carbonyl (C=O) groups is 1. The van der Waals surface area contributed by atoms with E-state index in [4.69, 9.17) is 16.3 Å². The van der Waals surface area contributed by atoms with Crippen molar-refractivity contribution in [2.24, 2.45) is 0 Å². The molecule has 1 rings (SSSR count). The number of methoxy groups -OCH3 is 2. The van der Waals surface area contributed by atoms with Crippen LogP contribution in [-0.4, -0.2) is 33.2 Å². The maximum Gasteiger partial charge on any atom is 0.358 e. The molecule has 0 spiro atoms. The molecule has 0 aromatic carbocycles. The number of hydrogen-bond donors (Lipinski definition) is 0. The lowest BCUT2D eigenvalue weighted by Gasteiger charge is -2.08. The fraction of sp³-hybridized carbons (Fsp3) is 0.385. The third-order valence-electron chi connectivity index (χ3n) is 2.09. The monoisotopic (exact) mass is 297 g/mol. The second kappa shape index (κ2) is 6.09. The molecule has 0 fully saturated rings. The zero-order chi connectivity index (χ0) is 14.6. The van der Waals surface area contributed by atoms with Crippen molar-refractivity contribution in [3.63, 3.8) is 0 Å². The number of pyridine rings is 1. The van der Waals surface area contributed by atoms with Crippen molar-refractivity contribution in [1.82, 2.24) is 4.98 Å². The van der Waals surface area contributed by atoms with Gasteiger partial charge in [0.25, 0.3) is 0 Å². The predicted octanol–water partition coefficient (Wildman–Crippen LogP) is 2.76. The van der Waals surface area contributed by atoms with Gasteiger partial charge in [0.15, 0.2) is 5.69 Å². The average Bonchev–Trinajstić information content (AvgIpc) is 2.34. The van der Waals surface area contributed by atoms with Crippen molar-refractivity contribution in [1.29, 1.82) is 0 Å². The number of rotatable bonds is 2. The Morgan fingerprint density at radius 3 is 2.47 bits per heavy atom. The first-order chi connectivity index (χ1) is 8.78. The topological polar surface area (TPSA) is 48.4 Å². The molecule has 19 heavy (non-hydrogen) atoms. The van der Waals surface area contributed by atoms with Crippen LogP contribution in [0.3, 0.4) is 0 Å². The van der Waals surface area contributed by atoms with E-state index in [0.29, 0.717) is 5.56 Å². The number of halogens is 1. The van der Waals surface area contributed by atoms with E-state index in [1.54, 1.807) is 6.07 Å². The van der Waals surface area contributed by atoms with Gasteiger partial charge in [0.1, 0.15) is 8.07 Å². The van der Waals surface area contributed by atoms with Crippen molar-refractivity contribution in [3.05, 3.63) is 22.3 Å². The Bertz CT molecular complexity index is 555. The van der Waals surface area contributed by atoms with Crippen LogP contribution >= 0.6 is 11.6 Å². The summed E-state index contributed by atoms with van der Waals surface area (Å²) >= 11 is 6.01. The van der Waals surface area contributed by atoms with Gasteiger partial charge in [-0.1, -0.05) is 37.2 Å². The number of carbonyl (C=O) groups excluding carboxylic acids is 1. The molecule has 0 amide bonds. The fourth-order valence-electron chi connectivity index (χ4n) is 1.21. The van der Waals surface area contributed by atoms with Crippen molar-refractivity contribution in [3.8, 4) is 17.3 Å². The molecule has 0 aliphatic heterocycles. The van der Waals surface area contributed by atoms with Gasteiger partial charge in [0.05, 0.1) is 24.8 Å². The normalized spacial score (nSPS) is 10.4. The van der Waals surface area contributed by atoms with E-state index in [9.17, 15) is 4.79 Å². The van der Waals surface area contributed by atoms with E-state index >= 15 is 0 Å². The molecule has 4 nitrogen and oxygen atoms in total. The standard InChI is InChI=1S/C13H16ClNO3Si/c1-17-12-9(6-7-19(3,4)5)8-10(14)11(15-12)13(16)18-2/h8H,1-5H3. The van der Waals surface area contributed by atoms with Gasteiger partial charge in [-0.3, -0.25) is 0 Å². The maximum atomic E-state index is 11.5. The Morgan fingerprint density at radius 1 is 1.37 bits per heavy atom. The van der Waals surface area contributed by atoms with E-state index in [2.05, 4.69) is 40.8 Å². The van der Waals surface area contributed by atoms with E-state index in [-0.39, 0.29) is 16.6 Å². The van der Waals surface area contributed by atoms with Gasteiger partial charge in [-0.2, -0.15) is 0 Å². The summed E-state index contributed by atoms with van der Waals surface area (Å²) in [6.07, 6.45) is 0. The van der Waals surface area contributed by atoms with Gasteiger partial charge in [0, 0.05) is 0 Å². The smallest absolute Gasteiger partial charge is 0.358 e. The minimum Gasteiger partial charge on any atom is -0.480 e. The number of nitrogens with zero attached hydrogens (tertiary/aromatic N) is 1. The molecule has 0 aliphatic carbocycles. The molecule has 0 radical (unpaired) electrons. The molecule has 0 unspecified atom stereocenters. The molecule has 0 bridgehead atoms. The van der Waals surface area contributed by atoms with Crippen LogP contribution in [0.4, 0.5) is 0 Å². The van der Waals surface area contributed by atoms with Gasteiger partial charge in [0.2, 0.25) is 5.88 Å². The molecule has 0 saturated carbocycles. The summed E-state index contributed by atoms with van der Waals surface area (Å²) in [5.41, 5.74) is 3.80. The van der Waals surface area contributed by atoms with E-state index in [1.165, 1.54) is 14.2 Å². The molecular formula is C13H16ClNO3Si. The third kappa shape index (κ3) is 4.26. The zero-order valence-electron chi connectivity index (χ0n) is 11.6. The molecule has 6 heteroatoms. The SMILES string of the molecule is COC(=O)c1nc(OC)c(C#C[Si](C)(C)C)cc1Cl. The highest BCUT2D eigenvalue weighted by molar-refractivity contribution is 6.83. The van der Waals surface area contributed by atoms with Crippen LogP contribution in [0.5, 0.6) is 5.88 Å². The summed E-state index contributed by atoms with van der Waals surface area (Å²) in [5.74, 6) is 2.69. The van der Waals surface area contributed by atoms with E-state index in [1.807, 2.05) is 0 Å². The van der Waals surface area contributed by atoms with E-state index < -0.39 is 14.0 Å². The molecule has 1 heterocycles. The maximum absolute atomic E-state index is 11.5. The summed E-state index contributed by atoms with van der Waals surface area (Å²) < 4.78 is 9.74. The predicted molar refractivity (Wildman–Crippen MR) is 77.4 cm³/mol.